The Labute approximate surface area is 97.8 Å². The Morgan fingerprint density at radius 3 is 2.71 bits per heavy atom. The van der Waals surface area contributed by atoms with Crippen molar-refractivity contribution >= 4 is 27.5 Å². The summed E-state index contributed by atoms with van der Waals surface area (Å²) < 4.78 is 1.03. The fraction of sp³-hybridized carbons (Fsp3) is 0.455. The standard InChI is InChI=1S/C11H13BrClN/c12-9-2-1-8(10(13)7-9)3-4-11(14)5-6-11/h1-2,7H,3-6,14H2. The number of hydrogen-bond donors (Lipinski definition) is 1. The maximum absolute atomic E-state index is 6.11. The van der Waals surface area contributed by atoms with E-state index in [-0.39, 0.29) is 5.54 Å². The summed E-state index contributed by atoms with van der Waals surface area (Å²) in [6.07, 6.45) is 4.37. The molecule has 0 bridgehead atoms. The van der Waals surface area contributed by atoms with Crippen LogP contribution in [0.2, 0.25) is 5.02 Å². The second-order valence-corrected chi connectivity index (χ2v) is 5.42. The van der Waals surface area contributed by atoms with Crippen LogP contribution in [0.4, 0.5) is 0 Å². The average Bonchev–Trinajstić information content (AvgIpc) is 2.83. The van der Waals surface area contributed by atoms with Crippen molar-refractivity contribution < 1.29 is 0 Å². The fourth-order valence-electron chi connectivity index (χ4n) is 1.52. The van der Waals surface area contributed by atoms with Gasteiger partial charge in [0.2, 0.25) is 0 Å². The molecule has 2 N–H and O–H groups in total. The summed E-state index contributed by atoms with van der Waals surface area (Å²) in [5.74, 6) is 0. The molecule has 1 aliphatic rings. The Morgan fingerprint density at radius 2 is 2.14 bits per heavy atom. The Morgan fingerprint density at radius 1 is 1.43 bits per heavy atom. The van der Waals surface area contributed by atoms with Crippen molar-refractivity contribution in [1.29, 1.82) is 0 Å². The quantitative estimate of drug-likeness (QED) is 0.896. The maximum Gasteiger partial charge on any atom is 0.0449 e. The van der Waals surface area contributed by atoms with Gasteiger partial charge in [-0.15, -0.1) is 0 Å². The van der Waals surface area contributed by atoms with Gasteiger partial charge in [-0.3, -0.25) is 0 Å². The number of benzene rings is 1. The molecule has 76 valence electrons. The van der Waals surface area contributed by atoms with E-state index in [1.807, 2.05) is 12.1 Å². The van der Waals surface area contributed by atoms with E-state index < -0.39 is 0 Å². The molecule has 1 saturated carbocycles. The average molecular weight is 275 g/mol. The topological polar surface area (TPSA) is 26.0 Å². The summed E-state index contributed by atoms with van der Waals surface area (Å²) in [6, 6.07) is 6.03. The summed E-state index contributed by atoms with van der Waals surface area (Å²) in [7, 11) is 0. The molecule has 14 heavy (non-hydrogen) atoms. The van der Waals surface area contributed by atoms with Crippen LogP contribution >= 0.6 is 27.5 Å². The highest BCUT2D eigenvalue weighted by Gasteiger charge is 2.37. The molecule has 0 spiro atoms. The Bertz CT molecular complexity index is 347. The Kier molecular flexibility index (Phi) is 2.87. The Balaban J connectivity index is 2.02. The van der Waals surface area contributed by atoms with Gasteiger partial charge in [0.15, 0.2) is 0 Å². The van der Waals surface area contributed by atoms with Crippen molar-refractivity contribution in [3.63, 3.8) is 0 Å². The first kappa shape index (κ1) is 10.5. The van der Waals surface area contributed by atoms with E-state index >= 15 is 0 Å². The van der Waals surface area contributed by atoms with Gasteiger partial charge in [-0.2, -0.15) is 0 Å². The van der Waals surface area contributed by atoms with E-state index in [1.54, 1.807) is 0 Å². The molecular weight excluding hydrogens is 261 g/mol. The third-order valence-electron chi connectivity index (χ3n) is 2.80. The van der Waals surface area contributed by atoms with Gasteiger partial charge in [-0.25, -0.2) is 0 Å². The third kappa shape index (κ3) is 2.50. The SMILES string of the molecule is NC1(CCc2ccc(Br)cc2Cl)CC1. The first-order valence-corrected chi connectivity index (χ1v) is 5.99. The second kappa shape index (κ2) is 3.84. The number of rotatable bonds is 3. The largest absolute Gasteiger partial charge is 0.325 e. The molecule has 1 aliphatic carbocycles. The minimum Gasteiger partial charge on any atom is -0.325 e. The van der Waals surface area contributed by atoms with Crippen LogP contribution in [0.15, 0.2) is 22.7 Å². The van der Waals surface area contributed by atoms with Crippen molar-refractivity contribution in [3.8, 4) is 0 Å². The van der Waals surface area contributed by atoms with Gasteiger partial charge in [0, 0.05) is 15.0 Å². The van der Waals surface area contributed by atoms with Gasteiger partial charge in [0.05, 0.1) is 0 Å². The first-order chi connectivity index (χ1) is 6.59. The Hall–Kier alpha value is -0.0500. The summed E-state index contributed by atoms with van der Waals surface area (Å²) >= 11 is 9.50. The van der Waals surface area contributed by atoms with E-state index in [1.165, 1.54) is 18.4 Å². The summed E-state index contributed by atoms with van der Waals surface area (Å²) in [4.78, 5) is 0. The van der Waals surface area contributed by atoms with Gasteiger partial charge < -0.3 is 5.73 Å². The van der Waals surface area contributed by atoms with E-state index in [0.29, 0.717) is 0 Å². The zero-order valence-corrected chi connectivity index (χ0v) is 10.2. The van der Waals surface area contributed by atoms with Gasteiger partial charge in [-0.1, -0.05) is 33.6 Å². The van der Waals surface area contributed by atoms with E-state index in [4.69, 9.17) is 17.3 Å². The summed E-state index contributed by atoms with van der Waals surface area (Å²) in [5.41, 5.74) is 7.34. The minimum absolute atomic E-state index is 0.121. The van der Waals surface area contributed by atoms with Crippen LogP contribution in [-0.2, 0) is 6.42 Å². The molecule has 1 aromatic carbocycles. The van der Waals surface area contributed by atoms with E-state index in [9.17, 15) is 0 Å². The molecule has 1 nitrogen and oxygen atoms in total. The van der Waals surface area contributed by atoms with E-state index in [2.05, 4.69) is 22.0 Å². The van der Waals surface area contributed by atoms with Crippen LogP contribution in [-0.4, -0.2) is 5.54 Å². The molecular formula is C11H13BrClN. The summed E-state index contributed by atoms with van der Waals surface area (Å²) in [6.45, 7) is 0. The highest BCUT2D eigenvalue weighted by atomic mass is 79.9. The number of nitrogens with two attached hydrogens (primary N) is 1. The molecule has 3 heteroatoms. The van der Waals surface area contributed by atoms with Crippen molar-refractivity contribution in [1.82, 2.24) is 0 Å². The molecule has 2 rings (SSSR count). The highest BCUT2D eigenvalue weighted by molar-refractivity contribution is 9.10. The molecule has 0 heterocycles. The zero-order valence-electron chi connectivity index (χ0n) is 7.89. The fourth-order valence-corrected chi connectivity index (χ4v) is 2.29. The lowest BCUT2D eigenvalue weighted by molar-refractivity contribution is 0.609. The van der Waals surface area contributed by atoms with Crippen LogP contribution in [0.5, 0.6) is 0 Å². The third-order valence-corrected chi connectivity index (χ3v) is 3.64. The number of halogens is 2. The predicted molar refractivity (Wildman–Crippen MR) is 63.6 cm³/mol. The van der Waals surface area contributed by atoms with E-state index in [0.717, 1.165) is 22.3 Å². The van der Waals surface area contributed by atoms with Crippen LogP contribution in [0.1, 0.15) is 24.8 Å². The highest BCUT2D eigenvalue weighted by Crippen LogP contribution is 2.37. The van der Waals surface area contributed by atoms with Crippen LogP contribution in [0.25, 0.3) is 0 Å². The minimum atomic E-state index is 0.121. The normalized spacial score (nSPS) is 18.2. The molecule has 0 amide bonds. The smallest absolute Gasteiger partial charge is 0.0449 e. The van der Waals surface area contributed by atoms with Crippen LogP contribution in [0.3, 0.4) is 0 Å². The van der Waals surface area contributed by atoms with Crippen molar-refractivity contribution in [2.45, 2.75) is 31.2 Å². The van der Waals surface area contributed by atoms with Crippen LogP contribution < -0.4 is 5.73 Å². The molecule has 1 fully saturated rings. The molecule has 0 aliphatic heterocycles. The lowest BCUT2D eigenvalue weighted by Crippen LogP contribution is -2.22. The predicted octanol–water partition coefficient (Wildman–Crippen LogP) is 3.53. The lowest BCUT2D eigenvalue weighted by atomic mass is 10.0. The first-order valence-electron chi connectivity index (χ1n) is 4.82. The molecule has 1 aromatic rings. The zero-order chi connectivity index (χ0) is 10.2. The van der Waals surface area contributed by atoms with Gasteiger partial charge in [0.25, 0.3) is 0 Å². The number of aryl methyl sites for hydroxylation is 1. The molecule has 0 aromatic heterocycles. The molecule has 0 unspecified atom stereocenters. The van der Waals surface area contributed by atoms with Gasteiger partial charge in [0.1, 0.15) is 0 Å². The molecule has 0 saturated heterocycles. The summed E-state index contributed by atoms with van der Waals surface area (Å²) in [5, 5.41) is 0.837. The second-order valence-electron chi connectivity index (χ2n) is 4.10. The van der Waals surface area contributed by atoms with Crippen molar-refractivity contribution in [3.05, 3.63) is 33.3 Å². The molecule has 0 radical (unpaired) electrons. The maximum atomic E-state index is 6.11. The number of hydrogen-bond acceptors (Lipinski definition) is 1. The van der Waals surface area contributed by atoms with Crippen molar-refractivity contribution in [2.75, 3.05) is 0 Å². The van der Waals surface area contributed by atoms with Gasteiger partial charge in [-0.05, 0) is 43.4 Å². The van der Waals surface area contributed by atoms with Crippen LogP contribution in [0, 0.1) is 0 Å². The monoisotopic (exact) mass is 273 g/mol. The van der Waals surface area contributed by atoms with Crippen molar-refractivity contribution in [2.24, 2.45) is 5.73 Å². The lowest BCUT2D eigenvalue weighted by Gasteiger charge is -2.09. The van der Waals surface area contributed by atoms with Gasteiger partial charge >= 0.3 is 0 Å². The molecule has 0 atom stereocenters.